The Bertz CT molecular complexity index is 916. The Morgan fingerprint density at radius 1 is 1.35 bits per heavy atom. The third-order valence-corrected chi connectivity index (χ3v) is 3.87. The van der Waals surface area contributed by atoms with Crippen LogP contribution in [0.1, 0.15) is 17.7 Å². The second kappa shape index (κ2) is 5.22. The number of hydrogen-bond donors (Lipinski definition) is 0. The van der Waals surface area contributed by atoms with Crippen LogP contribution >= 0.6 is 0 Å². The molecule has 6 heteroatoms. The first-order valence-electron chi connectivity index (χ1n) is 7.41. The lowest BCUT2D eigenvalue weighted by atomic mass is 10.1. The number of aromatic nitrogens is 3. The van der Waals surface area contributed by atoms with E-state index in [1.165, 1.54) is 12.3 Å². The largest absolute Gasteiger partial charge is 0.284 e. The van der Waals surface area contributed by atoms with E-state index in [-0.39, 0.29) is 11.9 Å². The summed E-state index contributed by atoms with van der Waals surface area (Å²) in [5.41, 5.74) is 2.84. The number of aliphatic imine (C=N–C) groups is 1. The zero-order valence-corrected chi connectivity index (χ0v) is 12.4. The van der Waals surface area contributed by atoms with Crippen molar-refractivity contribution < 1.29 is 8.78 Å². The number of hydrogen-bond acceptors (Lipinski definition) is 3. The highest BCUT2D eigenvalue weighted by Crippen LogP contribution is 2.30. The number of rotatable bonds is 3. The Kier molecular flexibility index (Phi) is 3.18. The molecule has 0 aliphatic heterocycles. The fourth-order valence-corrected chi connectivity index (χ4v) is 2.53. The van der Waals surface area contributed by atoms with Gasteiger partial charge in [0, 0.05) is 24.4 Å². The van der Waals surface area contributed by atoms with Crippen LogP contribution in [0.3, 0.4) is 0 Å². The van der Waals surface area contributed by atoms with Crippen molar-refractivity contribution in [3.05, 3.63) is 53.6 Å². The highest BCUT2D eigenvalue weighted by molar-refractivity contribution is 5.89. The summed E-state index contributed by atoms with van der Waals surface area (Å²) in [4.78, 5) is 8.63. The van der Waals surface area contributed by atoms with E-state index in [4.69, 9.17) is 0 Å². The molecule has 23 heavy (non-hydrogen) atoms. The molecule has 1 saturated carbocycles. The zero-order valence-electron chi connectivity index (χ0n) is 12.4. The van der Waals surface area contributed by atoms with Crippen molar-refractivity contribution in [3.8, 4) is 11.3 Å². The molecule has 1 aliphatic rings. The molecular weight excluding hydrogens is 298 g/mol. The summed E-state index contributed by atoms with van der Waals surface area (Å²) in [6.07, 6.45) is 2.70. The van der Waals surface area contributed by atoms with E-state index in [0.717, 1.165) is 5.56 Å². The fourth-order valence-electron chi connectivity index (χ4n) is 2.53. The van der Waals surface area contributed by atoms with Gasteiger partial charge in [0.25, 0.3) is 0 Å². The van der Waals surface area contributed by atoms with Crippen molar-refractivity contribution in [2.45, 2.75) is 25.6 Å². The Labute approximate surface area is 131 Å². The maximum atomic E-state index is 14.4. The van der Waals surface area contributed by atoms with Gasteiger partial charge in [-0.05, 0) is 36.8 Å². The van der Waals surface area contributed by atoms with Gasteiger partial charge in [0.2, 0.25) is 0 Å². The molecule has 0 saturated heterocycles. The van der Waals surface area contributed by atoms with E-state index < -0.39 is 6.17 Å². The number of alkyl halides is 1. The van der Waals surface area contributed by atoms with E-state index >= 15 is 0 Å². The van der Waals surface area contributed by atoms with E-state index in [0.29, 0.717) is 29.0 Å². The predicted molar refractivity (Wildman–Crippen MR) is 84.0 cm³/mol. The Morgan fingerprint density at radius 3 is 2.91 bits per heavy atom. The van der Waals surface area contributed by atoms with E-state index in [9.17, 15) is 8.78 Å². The van der Waals surface area contributed by atoms with Crippen LogP contribution in [0.2, 0.25) is 0 Å². The standard InChI is InChI=1S/C17H14F2N4/c1-10-4-5-11(12(18)7-10)17-15(9-20-14-8-13(14)19)22-16-3-2-6-21-23(16)17/h2-7,9,13-14H,8H2,1H3/b20-9+. The first kappa shape index (κ1) is 14.0. The maximum Gasteiger partial charge on any atom is 0.155 e. The quantitative estimate of drug-likeness (QED) is 0.696. The summed E-state index contributed by atoms with van der Waals surface area (Å²) >= 11 is 0. The molecule has 0 amide bonds. The topological polar surface area (TPSA) is 42.5 Å². The number of benzene rings is 1. The van der Waals surface area contributed by atoms with Gasteiger partial charge in [-0.25, -0.2) is 18.3 Å². The van der Waals surface area contributed by atoms with E-state index in [1.54, 1.807) is 28.9 Å². The first-order valence-corrected chi connectivity index (χ1v) is 7.41. The lowest BCUT2D eigenvalue weighted by Crippen LogP contribution is -1.97. The summed E-state index contributed by atoms with van der Waals surface area (Å²) < 4.78 is 29.0. The van der Waals surface area contributed by atoms with Gasteiger partial charge in [-0.2, -0.15) is 5.10 Å². The SMILES string of the molecule is Cc1ccc(-c2c(/C=N/C3CC3F)nc3cccnn23)c(F)c1. The van der Waals surface area contributed by atoms with Crippen molar-refractivity contribution in [1.82, 2.24) is 14.6 Å². The third kappa shape index (κ3) is 2.50. The molecular formula is C17H14F2N4. The molecule has 3 aromatic rings. The number of imidazole rings is 1. The molecule has 4 nitrogen and oxygen atoms in total. The predicted octanol–water partition coefficient (Wildman–Crippen LogP) is 3.37. The molecule has 2 atom stereocenters. The minimum Gasteiger partial charge on any atom is -0.284 e. The zero-order chi connectivity index (χ0) is 16.0. The monoisotopic (exact) mass is 312 g/mol. The molecule has 2 unspecified atom stereocenters. The highest BCUT2D eigenvalue weighted by Gasteiger charge is 2.36. The van der Waals surface area contributed by atoms with Crippen LogP contribution in [0.5, 0.6) is 0 Å². The average molecular weight is 312 g/mol. The van der Waals surface area contributed by atoms with Crippen LogP contribution in [0, 0.1) is 12.7 Å². The van der Waals surface area contributed by atoms with Gasteiger partial charge in [-0.15, -0.1) is 0 Å². The smallest absolute Gasteiger partial charge is 0.155 e. The number of halogens is 2. The first-order chi connectivity index (χ1) is 11.1. The normalized spacial score (nSPS) is 20.5. The van der Waals surface area contributed by atoms with Crippen molar-refractivity contribution in [2.24, 2.45) is 4.99 Å². The molecule has 1 aromatic carbocycles. The van der Waals surface area contributed by atoms with Crippen LogP contribution in [0.25, 0.3) is 16.9 Å². The van der Waals surface area contributed by atoms with Gasteiger partial charge < -0.3 is 0 Å². The molecule has 0 spiro atoms. The average Bonchev–Trinajstić information content (AvgIpc) is 3.11. The highest BCUT2D eigenvalue weighted by atomic mass is 19.1. The van der Waals surface area contributed by atoms with Gasteiger partial charge in [0.05, 0.1) is 6.04 Å². The fraction of sp³-hybridized carbons (Fsp3) is 0.235. The number of nitrogens with zero attached hydrogens (tertiary/aromatic N) is 4. The molecule has 0 bridgehead atoms. The lowest BCUT2D eigenvalue weighted by Gasteiger charge is -2.05. The maximum absolute atomic E-state index is 14.4. The number of aryl methyl sites for hydroxylation is 1. The summed E-state index contributed by atoms with van der Waals surface area (Å²) in [7, 11) is 0. The van der Waals surface area contributed by atoms with Crippen LogP contribution in [-0.4, -0.2) is 33.0 Å². The minimum absolute atomic E-state index is 0.302. The minimum atomic E-state index is -0.874. The molecule has 1 aliphatic carbocycles. The second-order valence-corrected chi connectivity index (χ2v) is 5.72. The van der Waals surface area contributed by atoms with Crippen LogP contribution in [-0.2, 0) is 0 Å². The van der Waals surface area contributed by atoms with Gasteiger partial charge in [0.1, 0.15) is 23.4 Å². The molecule has 2 heterocycles. The van der Waals surface area contributed by atoms with Gasteiger partial charge >= 0.3 is 0 Å². The van der Waals surface area contributed by atoms with Crippen LogP contribution in [0.15, 0.2) is 41.5 Å². The second-order valence-electron chi connectivity index (χ2n) is 5.72. The van der Waals surface area contributed by atoms with Gasteiger partial charge in [-0.1, -0.05) is 6.07 Å². The van der Waals surface area contributed by atoms with Gasteiger partial charge in [-0.3, -0.25) is 4.99 Å². The van der Waals surface area contributed by atoms with Crippen molar-refractivity contribution in [3.63, 3.8) is 0 Å². The summed E-state index contributed by atoms with van der Waals surface area (Å²) in [5.74, 6) is -0.345. The molecule has 1 fully saturated rings. The third-order valence-electron chi connectivity index (χ3n) is 3.87. The van der Waals surface area contributed by atoms with Crippen molar-refractivity contribution in [1.29, 1.82) is 0 Å². The van der Waals surface area contributed by atoms with Crippen molar-refractivity contribution in [2.75, 3.05) is 0 Å². The molecule has 2 aromatic heterocycles. The molecule has 116 valence electrons. The Hall–Kier alpha value is -2.63. The summed E-state index contributed by atoms with van der Waals surface area (Å²) in [5, 5.41) is 4.25. The van der Waals surface area contributed by atoms with Crippen molar-refractivity contribution >= 4 is 11.9 Å². The van der Waals surface area contributed by atoms with Crippen LogP contribution in [0.4, 0.5) is 8.78 Å². The van der Waals surface area contributed by atoms with Crippen LogP contribution < -0.4 is 0 Å². The molecule has 4 rings (SSSR count). The molecule has 0 radical (unpaired) electrons. The van der Waals surface area contributed by atoms with E-state index in [2.05, 4.69) is 15.1 Å². The van der Waals surface area contributed by atoms with E-state index in [1.807, 2.05) is 13.0 Å². The Balaban J connectivity index is 1.90. The Morgan fingerprint density at radius 2 is 2.17 bits per heavy atom. The summed E-state index contributed by atoms with van der Waals surface area (Å²) in [6, 6.07) is 8.25. The van der Waals surface area contributed by atoms with Gasteiger partial charge in [0.15, 0.2) is 5.65 Å². The number of fused-ring (bicyclic) bond motifs is 1. The molecule has 0 N–H and O–H groups in total. The summed E-state index contributed by atoms with van der Waals surface area (Å²) in [6.45, 7) is 1.83. The lowest BCUT2D eigenvalue weighted by molar-refractivity contribution is 0.468.